The van der Waals surface area contributed by atoms with Crippen molar-refractivity contribution >= 4 is 40.2 Å². The van der Waals surface area contributed by atoms with Gasteiger partial charge in [-0.2, -0.15) is 5.10 Å². The van der Waals surface area contributed by atoms with Gasteiger partial charge in [0.15, 0.2) is 11.5 Å². The van der Waals surface area contributed by atoms with Crippen LogP contribution in [0.1, 0.15) is 38.1 Å². The summed E-state index contributed by atoms with van der Waals surface area (Å²) in [4.78, 5) is 32.1. The maximum atomic E-state index is 11.5. The van der Waals surface area contributed by atoms with Crippen LogP contribution in [0.4, 0.5) is 22.0 Å². The topological polar surface area (TPSA) is 140 Å². The molecule has 0 unspecified atom stereocenters. The zero-order chi connectivity index (χ0) is 26.0. The second-order valence-corrected chi connectivity index (χ2v) is 6.75. The predicted molar refractivity (Wildman–Crippen MR) is 141 cm³/mol. The van der Waals surface area contributed by atoms with Gasteiger partial charge in [-0.05, 0) is 48.5 Å². The molecule has 184 valence electrons. The number of urea groups is 1. The molecule has 0 atom stereocenters. The van der Waals surface area contributed by atoms with E-state index >= 15 is 0 Å². The molecule has 0 radical (unpaired) electrons. The third-order valence-electron chi connectivity index (χ3n) is 4.65. The summed E-state index contributed by atoms with van der Waals surface area (Å²) in [6, 6.07) is 13.7. The number of hydrogen-bond acceptors (Lipinski definition) is 6. The van der Waals surface area contributed by atoms with Crippen LogP contribution in [0.5, 0.6) is 0 Å². The maximum absolute atomic E-state index is 11.5. The van der Waals surface area contributed by atoms with E-state index in [1.807, 2.05) is 39.8 Å². The van der Waals surface area contributed by atoms with Crippen molar-refractivity contribution in [2.24, 2.45) is 12.8 Å². The van der Waals surface area contributed by atoms with Gasteiger partial charge in [-0.3, -0.25) is 9.48 Å². The van der Waals surface area contributed by atoms with Gasteiger partial charge in [-0.15, -0.1) is 0 Å². The fourth-order valence-electron chi connectivity index (χ4n) is 3.00. The Kier molecular flexibility index (Phi) is 9.71. The molecule has 0 aliphatic carbocycles. The van der Waals surface area contributed by atoms with Crippen LogP contribution in [0.15, 0.2) is 54.7 Å². The quantitative estimate of drug-likeness (QED) is 0.330. The molecule has 10 heteroatoms. The fraction of sp³-hybridized carbons (Fsp3) is 0.240. The number of benzene rings is 2. The van der Waals surface area contributed by atoms with Crippen LogP contribution in [0, 0.1) is 0 Å². The van der Waals surface area contributed by atoms with E-state index in [0.717, 1.165) is 16.6 Å². The Bertz CT molecular complexity index is 1270. The van der Waals surface area contributed by atoms with E-state index in [2.05, 4.69) is 31.0 Å². The number of fused-ring (bicyclic) bond motifs is 1. The Balaban J connectivity index is 0.00000103. The Morgan fingerprint density at radius 3 is 2.06 bits per heavy atom. The third-order valence-corrected chi connectivity index (χ3v) is 4.65. The highest BCUT2D eigenvalue weighted by Crippen LogP contribution is 2.27. The van der Waals surface area contributed by atoms with Crippen molar-refractivity contribution in [3.63, 3.8) is 0 Å². The summed E-state index contributed by atoms with van der Waals surface area (Å²) in [6.45, 7) is 8.00. The first-order chi connectivity index (χ1) is 16.9. The number of amides is 3. The van der Waals surface area contributed by atoms with Crippen molar-refractivity contribution in [3.05, 3.63) is 60.3 Å². The molecule has 0 spiro atoms. The SMILES string of the molecule is CC.CC.CNC(=O)Nc1ccc(-c2nc(Nc3ccc(C(N)=O)cc3)c3cnn(C)c3n2)cc1. The highest BCUT2D eigenvalue weighted by atomic mass is 16.2. The average molecular weight is 477 g/mol. The zero-order valence-electron chi connectivity index (χ0n) is 20.9. The number of nitrogens with two attached hydrogens (primary N) is 1. The summed E-state index contributed by atoms with van der Waals surface area (Å²) in [5.74, 6) is 0.589. The maximum Gasteiger partial charge on any atom is 0.318 e. The molecule has 2 aromatic heterocycles. The third kappa shape index (κ3) is 6.53. The largest absolute Gasteiger partial charge is 0.366 e. The van der Waals surface area contributed by atoms with Crippen molar-refractivity contribution in [2.75, 3.05) is 17.7 Å². The van der Waals surface area contributed by atoms with E-state index in [0.29, 0.717) is 28.5 Å². The number of hydrogen-bond donors (Lipinski definition) is 4. The van der Waals surface area contributed by atoms with Gasteiger partial charge in [-0.25, -0.2) is 14.8 Å². The van der Waals surface area contributed by atoms with E-state index in [4.69, 9.17) is 5.73 Å². The minimum absolute atomic E-state index is 0.297. The normalized spacial score (nSPS) is 9.77. The molecule has 0 saturated heterocycles. The summed E-state index contributed by atoms with van der Waals surface area (Å²) in [6.07, 6.45) is 1.69. The van der Waals surface area contributed by atoms with Crippen molar-refractivity contribution in [3.8, 4) is 11.4 Å². The number of primary amides is 1. The second kappa shape index (κ2) is 12.7. The Morgan fingerprint density at radius 1 is 0.886 bits per heavy atom. The minimum Gasteiger partial charge on any atom is -0.366 e. The molecule has 10 nitrogen and oxygen atoms in total. The van der Waals surface area contributed by atoms with Crippen molar-refractivity contribution in [1.29, 1.82) is 0 Å². The number of nitrogens with one attached hydrogen (secondary N) is 3. The number of anilines is 3. The lowest BCUT2D eigenvalue weighted by Gasteiger charge is -2.10. The Morgan fingerprint density at radius 2 is 1.49 bits per heavy atom. The van der Waals surface area contributed by atoms with Gasteiger partial charge in [0.05, 0.1) is 11.6 Å². The number of carbonyl (C=O) groups excluding carboxylic acids is 2. The van der Waals surface area contributed by atoms with E-state index < -0.39 is 5.91 Å². The summed E-state index contributed by atoms with van der Waals surface area (Å²) in [5.41, 5.74) is 8.56. The van der Waals surface area contributed by atoms with E-state index in [-0.39, 0.29) is 6.03 Å². The van der Waals surface area contributed by atoms with E-state index in [1.165, 1.54) is 0 Å². The molecule has 0 aliphatic rings. The molecule has 5 N–H and O–H groups in total. The van der Waals surface area contributed by atoms with Gasteiger partial charge >= 0.3 is 6.03 Å². The molecule has 3 amide bonds. The average Bonchev–Trinajstić information content (AvgIpc) is 3.28. The highest BCUT2D eigenvalue weighted by Gasteiger charge is 2.14. The van der Waals surface area contributed by atoms with E-state index in [9.17, 15) is 9.59 Å². The molecular weight excluding hydrogens is 444 g/mol. The van der Waals surface area contributed by atoms with Crippen LogP contribution < -0.4 is 21.7 Å². The Hall–Kier alpha value is -4.47. The summed E-state index contributed by atoms with van der Waals surface area (Å²) < 4.78 is 1.67. The van der Waals surface area contributed by atoms with Crippen LogP contribution >= 0.6 is 0 Å². The van der Waals surface area contributed by atoms with Gasteiger partial charge in [0, 0.05) is 36.6 Å². The molecule has 0 bridgehead atoms. The van der Waals surface area contributed by atoms with Gasteiger partial charge in [-0.1, -0.05) is 27.7 Å². The lowest BCUT2D eigenvalue weighted by atomic mass is 10.2. The molecule has 0 fully saturated rings. The number of aromatic nitrogens is 4. The molecule has 2 aromatic carbocycles. The van der Waals surface area contributed by atoms with Crippen molar-refractivity contribution in [2.45, 2.75) is 27.7 Å². The predicted octanol–water partition coefficient (Wildman–Crippen LogP) is 4.68. The number of nitrogens with zero attached hydrogens (tertiary/aromatic N) is 4. The molecular formula is C25H32N8O2. The van der Waals surface area contributed by atoms with Crippen molar-refractivity contribution in [1.82, 2.24) is 25.1 Å². The molecule has 4 aromatic rings. The van der Waals surface area contributed by atoms with Crippen LogP contribution in [0.25, 0.3) is 22.4 Å². The fourth-order valence-corrected chi connectivity index (χ4v) is 3.00. The summed E-state index contributed by atoms with van der Waals surface area (Å²) in [5, 5.41) is 13.5. The van der Waals surface area contributed by atoms with Crippen molar-refractivity contribution < 1.29 is 9.59 Å². The molecule has 2 heterocycles. The zero-order valence-corrected chi connectivity index (χ0v) is 20.9. The summed E-state index contributed by atoms with van der Waals surface area (Å²) in [7, 11) is 3.36. The van der Waals surface area contributed by atoms with Gasteiger partial charge in [0.1, 0.15) is 5.82 Å². The highest BCUT2D eigenvalue weighted by molar-refractivity contribution is 5.94. The molecule has 4 rings (SSSR count). The van der Waals surface area contributed by atoms with Gasteiger partial charge < -0.3 is 21.7 Å². The first-order valence-corrected chi connectivity index (χ1v) is 11.4. The second-order valence-electron chi connectivity index (χ2n) is 6.75. The van der Waals surface area contributed by atoms with Crippen LogP contribution in [0.3, 0.4) is 0 Å². The minimum atomic E-state index is -0.486. The van der Waals surface area contributed by atoms with E-state index in [1.54, 1.807) is 61.4 Å². The molecule has 35 heavy (non-hydrogen) atoms. The number of aryl methyl sites for hydroxylation is 1. The lowest BCUT2D eigenvalue weighted by molar-refractivity contribution is 0.100. The monoisotopic (exact) mass is 476 g/mol. The first kappa shape index (κ1) is 26.8. The van der Waals surface area contributed by atoms with Crippen LogP contribution in [-0.4, -0.2) is 38.7 Å². The lowest BCUT2D eigenvalue weighted by Crippen LogP contribution is -2.24. The number of carbonyl (C=O) groups is 2. The summed E-state index contributed by atoms with van der Waals surface area (Å²) >= 11 is 0. The Labute approximate surface area is 205 Å². The first-order valence-electron chi connectivity index (χ1n) is 11.4. The smallest absolute Gasteiger partial charge is 0.318 e. The standard InChI is InChI=1S/C21H20N8O2.2C2H6/c1-23-21(31)26-15-9-5-13(6-10-15)18-27-19(16-11-24-29(2)20(16)28-18)25-14-7-3-12(4-8-14)17(22)30;2*1-2/h3-11H,1-2H3,(H2,22,30)(H2,23,26,31)(H,25,27,28);2*1-2H3. The number of rotatable bonds is 5. The van der Waals surface area contributed by atoms with Gasteiger partial charge in [0.2, 0.25) is 5.91 Å². The molecule has 0 aliphatic heterocycles. The molecule has 0 saturated carbocycles. The van der Waals surface area contributed by atoms with Gasteiger partial charge in [0.25, 0.3) is 0 Å². The van der Waals surface area contributed by atoms with Crippen LogP contribution in [0.2, 0.25) is 0 Å². The van der Waals surface area contributed by atoms with Crippen LogP contribution in [-0.2, 0) is 7.05 Å².